The van der Waals surface area contributed by atoms with Gasteiger partial charge in [-0.05, 0) is 29.8 Å². The molecule has 0 bridgehead atoms. The summed E-state index contributed by atoms with van der Waals surface area (Å²) in [6.07, 6.45) is -2.83. The van der Waals surface area contributed by atoms with Crippen molar-refractivity contribution in [2.24, 2.45) is 12.0 Å². The van der Waals surface area contributed by atoms with Crippen LogP contribution in [0.5, 0.6) is 0 Å². The van der Waals surface area contributed by atoms with Crippen molar-refractivity contribution in [1.29, 1.82) is 0 Å². The molecule has 1 aliphatic rings. The van der Waals surface area contributed by atoms with Crippen LogP contribution in [-0.2, 0) is 24.5 Å². The predicted molar refractivity (Wildman–Crippen MR) is 97.3 cm³/mol. The van der Waals surface area contributed by atoms with E-state index in [0.717, 1.165) is 17.8 Å². The van der Waals surface area contributed by atoms with Gasteiger partial charge in [0.05, 0.1) is 25.3 Å². The Morgan fingerprint density at radius 1 is 1.30 bits per heavy atom. The Hall–Kier alpha value is -2.48. The van der Waals surface area contributed by atoms with Crippen LogP contribution in [0.15, 0.2) is 47.6 Å². The normalized spacial score (nSPS) is 18.6. The van der Waals surface area contributed by atoms with Gasteiger partial charge < -0.3 is 19.5 Å². The molecule has 1 unspecified atom stereocenters. The number of rotatable bonds is 3. The maximum atomic E-state index is 13.0. The first-order valence-corrected chi connectivity index (χ1v) is 8.73. The zero-order chi connectivity index (χ0) is 19.4. The molecule has 0 radical (unpaired) electrons. The van der Waals surface area contributed by atoms with E-state index < -0.39 is 17.8 Å². The van der Waals surface area contributed by atoms with Gasteiger partial charge in [0.2, 0.25) is 0 Å². The van der Waals surface area contributed by atoms with Gasteiger partial charge in [0.1, 0.15) is 6.10 Å². The standard InChI is InChI=1S/C19H23F3N4O/c1-23-18(24-12-16-7-4-8-25(16)2)26-9-10-27-17(13-26)14-5-3-6-15(11-14)19(20,21)22/h3-8,11,17H,9-10,12-13H2,1-2H3,(H,23,24). The molecule has 0 amide bonds. The average molecular weight is 380 g/mol. The number of aliphatic imine (C=N–C) groups is 1. The number of aryl methyl sites for hydroxylation is 1. The van der Waals surface area contributed by atoms with Crippen molar-refractivity contribution in [1.82, 2.24) is 14.8 Å². The molecule has 1 fully saturated rings. The largest absolute Gasteiger partial charge is 0.416 e. The van der Waals surface area contributed by atoms with E-state index in [9.17, 15) is 13.2 Å². The van der Waals surface area contributed by atoms with Crippen LogP contribution >= 0.6 is 0 Å². The molecular formula is C19H23F3N4O. The first kappa shape index (κ1) is 19.3. The van der Waals surface area contributed by atoms with E-state index in [2.05, 4.69) is 10.3 Å². The van der Waals surface area contributed by atoms with Gasteiger partial charge in [-0.25, -0.2) is 0 Å². The summed E-state index contributed by atoms with van der Waals surface area (Å²) < 4.78 is 46.7. The van der Waals surface area contributed by atoms with Crippen molar-refractivity contribution in [2.75, 3.05) is 26.7 Å². The van der Waals surface area contributed by atoms with Crippen LogP contribution in [0, 0.1) is 0 Å². The van der Waals surface area contributed by atoms with Crippen LogP contribution in [0.4, 0.5) is 13.2 Å². The first-order valence-electron chi connectivity index (χ1n) is 8.73. The van der Waals surface area contributed by atoms with Gasteiger partial charge in [0.25, 0.3) is 0 Å². The molecule has 146 valence electrons. The summed E-state index contributed by atoms with van der Waals surface area (Å²) in [5.74, 6) is 0.705. The minimum Gasteiger partial charge on any atom is -0.370 e. The van der Waals surface area contributed by atoms with Crippen molar-refractivity contribution in [2.45, 2.75) is 18.8 Å². The lowest BCUT2D eigenvalue weighted by atomic mass is 10.0. The second kappa shape index (κ2) is 8.04. The van der Waals surface area contributed by atoms with E-state index in [-0.39, 0.29) is 0 Å². The summed E-state index contributed by atoms with van der Waals surface area (Å²) in [6.45, 7) is 2.10. The number of ether oxygens (including phenoxy) is 1. The van der Waals surface area contributed by atoms with Gasteiger partial charge >= 0.3 is 6.18 Å². The Bertz CT molecular complexity index is 800. The van der Waals surface area contributed by atoms with Crippen LogP contribution in [-0.4, -0.2) is 42.2 Å². The van der Waals surface area contributed by atoms with Gasteiger partial charge in [-0.1, -0.05) is 12.1 Å². The summed E-state index contributed by atoms with van der Waals surface area (Å²) in [5, 5.41) is 3.31. The number of hydrogen-bond acceptors (Lipinski definition) is 2. The fourth-order valence-electron chi connectivity index (χ4n) is 3.14. The molecule has 1 atom stereocenters. The highest BCUT2D eigenvalue weighted by atomic mass is 19.4. The van der Waals surface area contributed by atoms with E-state index in [1.54, 1.807) is 13.1 Å². The maximum absolute atomic E-state index is 13.0. The molecule has 1 aliphatic heterocycles. The van der Waals surface area contributed by atoms with Crippen molar-refractivity contribution >= 4 is 5.96 Å². The van der Waals surface area contributed by atoms with E-state index >= 15 is 0 Å². The summed E-state index contributed by atoms with van der Waals surface area (Å²) in [7, 11) is 3.67. The number of guanidine groups is 1. The number of nitrogens with zero attached hydrogens (tertiary/aromatic N) is 3. The second-order valence-corrected chi connectivity index (χ2v) is 6.44. The van der Waals surface area contributed by atoms with Crippen LogP contribution in [0.3, 0.4) is 0 Å². The zero-order valence-electron chi connectivity index (χ0n) is 15.3. The molecule has 27 heavy (non-hydrogen) atoms. The molecule has 1 aromatic carbocycles. The Labute approximate surface area is 156 Å². The third-order valence-corrected chi connectivity index (χ3v) is 4.64. The first-order chi connectivity index (χ1) is 12.9. The Kier molecular flexibility index (Phi) is 5.74. The van der Waals surface area contributed by atoms with E-state index in [1.807, 2.05) is 34.8 Å². The molecule has 1 aromatic heterocycles. The van der Waals surface area contributed by atoms with Crippen molar-refractivity contribution in [3.8, 4) is 0 Å². The monoisotopic (exact) mass is 380 g/mol. The van der Waals surface area contributed by atoms with Crippen molar-refractivity contribution in [3.05, 3.63) is 59.4 Å². The van der Waals surface area contributed by atoms with Gasteiger partial charge in [-0.2, -0.15) is 13.2 Å². The van der Waals surface area contributed by atoms with Crippen molar-refractivity contribution in [3.63, 3.8) is 0 Å². The molecule has 3 rings (SSSR count). The molecule has 1 saturated heterocycles. The summed E-state index contributed by atoms with van der Waals surface area (Å²) in [5.41, 5.74) is 0.971. The van der Waals surface area contributed by atoms with Gasteiger partial charge in [-0.3, -0.25) is 4.99 Å². The van der Waals surface area contributed by atoms with E-state index in [0.29, 0.717) is 37.8 Å². The molecular weight excluding hydrogens is 357 g/mol. The third-order valence-electron chi connectivity index (χ3n) is 4.64. The Morgan fingerprint density at radius 2 is 2.11 bits per heavy atom. The lowest BCUT2D eigenvalue weighted by molar-refractivity contribution is -0.137. The topological polar surface area (TPSA) is 41.8 Å². The zero-order valence-corrected chi connectivity index (χ0v) is 15.3. The minimum absolute atomic E-state index is 0.422. The third kappa shape index (κ3) is 4.63. The summed E-state index contributed by atoms with van der Waals surface area (Å²) >= 11 is 0. The fraction of sp³-hybridized carbons (Fsp3) is 0.421. The van der Waals surface area contributed by atoms with Crippen LogP contribution < -0.4 is 5.32 Å². The lowest BCUT2D eigenvalue weighted by Crippen LogP contribution is -2.48. The quantitative estimate of drug-likeness (QED) is 0.657. The van der Waals surface area contributed by atoms with E-state index in [1.165, 1.54) is 6.07 Å². The van der Waals surface area contributed by atoms with Crippen LogP contribution in [0.1, 0.15) is 22.9 Å². The smallest absolute Gasteiger partial charge is 0.370 e. The van der Waals surface area contributed by atoms with Crippen molar-refractivity contribution < 1.29 is 17.9 Å². The minimum atomic E-state index is -4.36. The summed E-state index contributed by atoms with van der Waals surface area (Å²) in [4.78, 5) is 6.32. The average Bonchev–Trinajstić information content (AvgIpc) is 3.07. The van der Waals surface area contributed by atoms with Crippen LogP contribution in [0.25, 0.3) is 0 Å². The lowest BCUT2D eigenvalue weighted by Gasteiger charge is -2.35. The molecule has 5 nitrogen and oxygen atoms in total. The number of hydrogen-bond donors (Lipinski definition) is 1. The predicted octanol–water partition coefficient (Wildman–Crippen LogP) is 3.19. The van der Waals surface area contributed by atoms with Crippen LogP contribution in [0.2, 0.25) is 0 Å². The number of aromatic nitrogens is 1. The number of halogens is 3. The number of benzene rings is 1. The van der Waals surface area contributed by atoms with Gasteiger partial charge in [0, 0.05) is 32.5 Å². The maximum Gasteiger partial charge on any atom is 0.416 e. The van der Waals surface area contributed by atoms with Gasteiger partial charge in [0.15, 0.2) is 5.96 Å². The SMILES string of the molecule is CN=C(NCc1cccn1C)N1CCOC(c2cccc(C(F)(F)F)c2)C1. The van der Waals surface area contributed by atoms with E-state index in [4.69, 9.17) is 4.74 Å². The number of alkyl halides is 3. The Balaban J connectivity index is 1.68. The molecule has 0 spiro atoms. The summed E-state index contributed by atoms with van der Waals surface area (Å²) in [6, 6.07) is 9.31. The Morgan fingerprint density at radius 3 is 2.78 bits per heavy atom. The highest BCUT2D eigenvalue weighted by Crippen LogP contribution is 2.32. The highest BCUT2D eigenvalue weighted by Gasteiger charge is 2.32. The fourth-order valence-corrected chi connectivity index (χ4v) is 3.14. The van der Waals surface area contributed by atoms with Gasteiger partial charge in [-0.15, -0.1) is 0 Å². The molecule has 1 N–H and O–H groups in total. The molecule has 2 heterocycles. The molecule has 2 aromatic rings. The molecule has 8 heteroatoms. The highest BCUT2D eigenvalue weighted by molar-refractivity contribution is 5.80. The second-order valence-electron chi connectivity index (χ2n) is 6.44. The number of nitrogens with one attached hydrogen (secondary N) is 1. The number of morpholine rings is 1. The molecule has 0 saturated carbocycles. The molecule has 0 aliphatic carbocycles.